The number of carboxylic acids is 1. The molecule has 18 heavy (non-hydrogen) atoms. The van der Waals surface area contributed by atoms with Crippen LogP contribution in [0.3, 0.4) is 0 Å². The van der Waals surface area contributed by atoms with E-state index in [4.69, 9.17) is 4.74 Å². The van der Waals surface area contributed by atoms with Crippen LogP contribution in [-0.2, 0) is 9.53 Å². The highest BCUT2D eigenvalue weighted by Gasteiger charge is 2.35. The zero-order valence-corrected chi connectivity index (χ0v) is 12.5. The molecule has 0 saturated heterocycles. The molecule has 0 fully saturated rings. The summed E-state index contributed by atoms with van der Waals surface area (Å²) in [5, 5.41) is 12.5. The largest absolute Gasteiger partial charge is 0.480 e. The van der Waals surface area contributed by atoms with Crippen LogP contribution in [0.4, 0.5) is 0 Å². The molecule has 1 atom stereocenters. The van der Waals surface area contributed by atoms with Gasteiger partial charge in [-0.2, -0.15) is 0 Å². The smallest absolute Gasteiger partial charge is 0.323 e. The number of carboxylic acid groups (broad SMARTS) is 1. The Morgan fingerprint density at radius 3 is 2.22 bits per heavy atom. The molecular formula is C14H29NO3. The molecule has 0 amide bonds. The van der Waals surface area contributed by atoms with Gasteiger partial charge in [-0.25, -0.2) is 0 Å². The normalized spacial score (nSPS) is 15.4. The minimum atomic E-state index is -0.797. The third kappa shape index (κ3) is 5.36. The third-order valence-electron chi connectivity index (χ3n) is 3.62. The Kier molecular flexibility index (Phi) is 7.48. The first-order valence-electron chi connectivity index (χ1n) is 6.96. The highest BCUT2D eigenvalue weighted by molar-refractivity contribution is 5.78. The van der Waals surface area contributed by atoms with E-state index in [2.05, 4.69) is 26.1 Å². The first-order valence-corrected chi connectivity index (χ1v) is 6.96. The predicted molar refractivity (Wildman–Crippen MR) is 73.9 cm³/mol. The summed E-state index contributed by atoms with van der Waals surface area (Å²) >= 11 is 0. The van der Waals surface area contributed by atoms with Gasteiger partial charge in [0.15, 0.2) is 0 Å². The van der Waals surface area contributed by atoms with Crippen LogP contribution in [0.25, 0.3) is 0 Å². The molecule has 0 aliphatic heterocycles. The van der Waals surface area contributed by atoms with Gasteiger partial charge in [0.05, 0.1) is 5.60 Å². The molecule has 0 rings (SSSR count). The Labute approximate surface area is 111 Å². The second kappa shape index (κ2) is 7.74. The van der Waals surface area contributed by atoms with Crippen molar-refractivity contribution in [3.05, 3.63) is 0 Å². The van der Waals surface area contributed by atoms with Crippen LogP contribution in [-0.4, -0.2) is 35.4 Å². The highest BCUT2D eigenvalue weighted by Crippen LogP contribution is 2.20. The van der Waals surface area contributed by atoms with Crippen LogP contribution in [0.2, 0.25) is 0 Å². The molecule has 0 aliphatic rings. The fourth-order valence-corrected chi connectivity index (χ4v) is 1.89. The lowest BCUT2D eigenvalue weighted by atomic mass is 9.90. The molecule has 2 N–H and O–H groups in total. The van der Waals surface area contributed by atoms with Crippen molar-refractivity contribution < 1.29 is 14.6 Å². The summed E-state index contributed by atoms with van der Waals surface area (Å²) in [7, 11) is 0. The zero-order chi connectivity index (χ0) is 14.2. The van der Waals surface area contributed by atoms with Crippen molar-refractivity contribution in [2.45, 2.75) is 71.4 Å². The first kappa shape index (κ1) is 17.4. The number of hydrogen-bond donors (Lipinski definition) is 2. The summed E-state index contributed by atoms with van der Waals surface area (Å²) in [4.78, 5) is 11.4. The van der Waals surface area contributed by atoms with Crippen LogP contribution in [0.15, 0.2) is 0 Å². The average Bonchev–Trinajstić information content (AvgIpc) is 2.33. The maximum absolute atomic E-state index is 11.4. The van der Waals surface area contributed by atoms with Gasteiger partial charge in [0.1, 0.15) is 5.54 Å². The van der Waals surface area contributed by atoms with E-state index >= 15 is 0 Å². The van der Waals surface area contributed by atoms with Crippen LogP contribution in [0, 0.1) is 0 Å². The zero-order valence-electron chi connectivity index (χ0n) is 12.5. The topological polar surface area (TPSA) is 58.6 Å². The Morgan fingerprint density at radius 1 is 1.22 bits per heavy atom. The van der Waals surface area contributed by atoms with E-state index in [1.54, 1.807) is 0 Å². The standard InChI is InChI=1S/C14H29NO3/c1-6-13(4,5)18-11-9-10-14(7-2,12(16)17)15-8-3/h15H,6-11H2,1-5H3,(H,16,17). The van der Waals surface area contributed by atoms with Crippen LogP contribution in [0.1, 0.15) is 60.3 Å². The van der Waals surface area contributed by atoms with E-state index in [0.29, 0.717) is 26.0 Å². The number of hydrogen-bond acceptors (Lipinski definition) is 3. The van der Waals surface area contributed by atoms with Crippen LogP contribution < -0.4 is 5.32 Å². The van der Waals surface area contributed by atoms with Gasteiger partial charge in [0.25, 0.3) is 0 Å². The third-order valence-corrected chi connectivity index (χ3v) is 3.62. The first-order chi connectivity index (χ1) is 8.33. The lowest BCUT2D eigenvalue weighted by molar-refractivity contribution is -0.145. The second-order valence-corrected chi connectivity index (χ2v) is 5.34. The summed E-state index contributed by atoms with van der Waals surface area (Å²) in [5.41, 5.74) is -0.912. The number of rotatable bonds is 10. The van der Waals surface area contributed by atoms with Crippen molar-refractivity contribution in [1.82, 2.24) is 5.32 Å². The van der Waals surface area contributed by atoms with Gasteiger partial charge in [-0.1, -0.05) is 20.8 Å². The van der Waals surface area contributed by atoms with Gasteiger partial charge >= 0.3 is 5.97 Å². The minimum absolute atomic E-state index is 0.115. The fraction of sp³-hybridized carbons (Fsp3) is 0.929. The monoisotopic (exact) mass is 259 g/mol. The van der Waals surface area contributed by atoms with E-state index < -0.39 is 11.5 Å². The molecule has 0 aromatic carbocycles. The second-order valence-electron chi connectivity index (χ2n) is 5.34. The number of ether oxygens (including phenoxy) is 1. The van der Waals surface area contributed by atoms with Crippen molar-refractivity contribution in [2.75, 3.05) is 13.2 Å². The molecule has 0 radical (unpaired) electrons. The van der Waals surface area contributed by atoms with Crippen molar-refractivity contribution in [2.24, 2.45) is 0 Å². The Hall–Kier alpha value is -0.610. The molecule has 1 unspecified atom stereocenters. The van der Waals surface area contributed by atoms with Gasteiger partial charge in [-0.15, -0.1) is 0 Å². The molecular weight excluding hydrogens is 230 g/mol. The van der Waals surface area contributed by atoms with Gasteiger partial charge < -0.3 is 15.2 Å². The quantitative estimate of drug-likeness (QED) is 0.592. The Balaban J connectivity index is 4.24. The van der Waals surface area contributed by atoms with Crippen molar-refractivity contribution >= 4 is 5.97 Å². The molecule has 0 bridgehead atoms. The number of likely N-dealkylation sites (N-methyl/N-ethyl adjacent to an activating group) is 1. The Bertz CT molecular complexity index is 253. The summed E-state index contributed by atoms with van der Waals surface area (Å²) in [5.74, 6) is -0.762. The molecule has 4 heteroatoms. The summed E-state index contributed by atoms with van der Waals surface area (Å²) < 4.78 is 5.76. The summed E-state index contributed by atoms with van der Waals surface area (Å²) in [6.45, 7) is 11.3. The predicted octanol–water partition coefficient (Wildman–Crippen LogP) is 2.81. The van der Waals surface area contributed by atoms with E-state index in [0.717, 1.165) is 12.8 Å². The van der Waals surface area contributed by atoms with Gasteiger partial charge in [-0.3, -0.25) is 4.79 Å². The molecule has 0 aromatic heterocycles. The van der Waals surface area contributed by atoms with Gasteiger partial charge in [-0.05, 0) is 46.1 Å². The Morgan fingerprint density at radius 2 is 1.83 bits per heavy atom. The molecule has 4 nitrogen and oxygen atoms in total. The number of aliphatic carboxylic acids is 1. The lowest BCUT2D eigenvalue weighted by Gasteiger charge is -2.30. The number of nitrogens with one attached hydrogen (secondary N) is 1. The summed E-state index contributed by atoms with van der Waals surface area (Å²) in [6.07, 6.45) is 2.91. The maximum Gasteiger partial charge on any atom is 0.323 e. The fourth-order valence-electron chi connectivity index (χ4n) is 1.89. The molecule has 0 heterocycles. The maximum atomic E-state index is 11.4. The van der Waals surface area contributed by atoms with E-state index in [-0.39, 0.29) is 5.60 Å². The van der Waals surface area contributed by atoms with E-state index in [1.807, 2.05) is 13.8 Å². The molecule has 0 aromatic rings. The SMILES string of the molecule is CCNC(CC)(CCCOC(C)(C)CC)C(=O)O. The molecule has 0 spiro atoms. The van der Waals surface area contributed by atoms with Crippen molar-refractivity contribution in [3.63, 3.8) is 0 Å². The molecule has 108 valence electrons. The average molecular weight is 259 g/mol. The highest BCUT2D eigenvalue weighted by atomic mass is 16.5. The summed E-state index contributed by atoms with van der Waals surface area (Å²) in [6, 6.07) is 0. The van der Waals surface area contributed by atoms with E-state index in [9.17, 15) is 9.90 Å². The minimum Gasteiger partial charge on any atom is -0.480 e. The van der Waals surface area contributed by atoms with Crippen molar-refractivity contribution in [3.8, 4) is 0 Å². The van der Waals surface area contributed by atoms with Crippen LogP contribution in [0.5, 0.6) is 0 Å². The molecule has 0 saturated carbocycles. The number of carbonyl (C=O) groups is 1. The lowest BCUT2D eigenvalue weighted by Crippen LogP contribution is -2.51. The van der Waals surface area contributed by atoms with Gasteiger partial charge in [0, 0.05) is 6.61 Å². The van der Waals surface area contributed by atoms with E-state index in [1.165, 1.54) is 0 Å². The van der Waals surface area contributed by atoms with Crippen molar-refractivity contribution in [1.29, 1.82) is 0 Å². The van der Waals surface area contributed by atoms with Gasteiger partial charge in [0.2, 0.25) is 0 Å². The molecule has 0 aliphatic carbocycles. The van der Waals surface area contributed by atoms with Crippen LogP contribution >= 0.6 is 0 Å².